The molecule has 1 N–H and O–H groups in total. The molecule has 1 saturated heterocycles. The van der Waals surface area contributed by atoms with Gasteiger partial charge in [0.25, 0.3) is 10.2 Å². The quantitative estimate of drug-likeness (QED) is 0.645. The zero-order chi connectivity index (χ0) is 15.3. The van der Waals surface area contributed by atoms with Crippen LogP contribution in [0.15, 0.2) is 29.2 Å². The maximum atomic E-state index is 12.2. The van der Waals surface area contributed by atoms with Gasteiger partial charge in [-0.05, 0) is 37.8 Å². The molecule has 0 aliphatic carbocycles. The van der Waals surface area contributed by atoms with E-state index in [0.717, 1.165) is 18.6 Å². The Bertz CT molecular complexity index is 543. The molecule has 1 fully saturated rings. The Kier molecular flexibility index (Phi) is 6.10. The second kappa shape index (κ2) is 7.63. The van der Waals surface area contributed by atoms with Crippen molar-refractivity contribution in [2.75, 3.05) is 25.4 Å². The molecular weight excluding hydrogens is 304 g/mol. The lowest BCUT2D eigenvalue weighted by molar-refractivity contribution is 0.278. The summed E-state index contributed by atoms with van der Waals surface area (Å²) >= 11 is 1.67. The Balaban J connectivity index is 1.75. The zero-order valence-electron chi connectivity index (χ0n) is 12.7. The highest BCUT2D eigenvalue weighted by atomic mass is 32.2. The van der Waals surface area contributed by atoms with Crippen LogP contribution in [0.4, 0.5) is 0 Å². The summed E-state index contributed by atoms with van der Waals surface area (Å²) in [5, 5.41) is 0. The van der Waals surface area contributed by atoms with E-state index in [9.17, 15) is 8.42 Å². The minimum atomic E-state index is -3.31. The number of hydrogen-bond donors (Lipinski definition) is 1. The molecule has 1 heterocycles. The minimum Gasteiger partial charge on any atom is -0.201 e. The Morgan fingerprint density at radius 3 is 2.71 bits per heavy atom. The van der Waals surface area contributed by atoms with Crippen LogP contribution in [-0.4, -0.2) is 38.1 Å². The average molecular weight is 329 g/mol. The van der Waals surface area contributed by atoms with Crippen LogP contribution in [-0.2, 0) is 10.2 Å². The normalized spacial score (nSPS) is 20.6. The van der Waals surface area contributed by atoms with E-state index in [1.807, 2.05) is 0 Å². The van der Waals surface area contributed by atoms with Crippen molar-refractivity contribution in [2.24, 2.45) is 5.92 Å². The first kappa shape index (κ1) is 16.8. The maximum Gasteiger partial charge on any atom is 0.279 e. The molecule has 0 aromatic heterocycles. The Labute approximate surface area is 132 Å². The van der Waals surface area contributed by atoms with Gasteiger partial charge < -0.3 is 0 Å². The molecule has 1 aromatic carbocycles. The molecule has 6 heteroatoms. The van der Waals surface area contributed by atoms with Crippen molar-refractivity contribution in [2.45, 2.75) is 31.6 Å². The van der Waals surface area contributed by atoms with E-state index in [0.29, 0.717) is 25.6 Å². The van der Waals surface area contributed by atoms with Crippen LogP contribution in [0, 0.1) is 12.8 Å². The highest BCUT2D eigenvalue weighted by Gasteiger charge is 2.26. The first-order chi connectivity index (χ1) is 9.97. The van der Waals surface area contributed by atoms with Gasteiger partial charge in [-0.15, -0.1) is 11.8 Å². The van der Waals surface area contributed by atoms with Crippen LogP contribution in [0.2, 0.25) is 0 Å². The predicted molar refractivity (Wildman–Crippen MR) is 88.8 cm³/mol. The second-order valence-electron chi connectivity index (χ2n) is 5.67. The van der Waals surface area contributed by atoms with E-state index in [2.05, 4.69) is 42.8 Å². The molecule has 2 rings (SSSR count). The third-order valence-electron chi connectivity index (χ3n) is 3.64. The number of rotatable bonds is 6. The average Bonchev–Trinajstić information content (AvgIpc) is 2.45. The van der Waals surface area contributed by atoms with Gasteiger partial charge >= 0.3 is 0 Å². The van der Waals surface area contributed by atoms with Gasteiger partial charge in [-0.3, -0.25) is 0 Å². The number of hydrogen-bond acceptors (Lipinski definition) is 3. The van der Waals surface area contributed by atoms with E-state index in [1.54, 1.807) is 16.1 Å². The molecule has 0 radical (unpaired) electrons. The summed E-state index contributed by atoms with van der Waals surface area (Å²) in [6.07, 6.45) is 2.08. The molecule has 1 aliphatic heterocycles. The van der Waals surface area contributed by atoms with Crippen LogP contribution in [0.25, 0.3) is 0 Å². The molecule has 0 amide bonds. The zero-order valence-corrected chi connectivity index (χ0v) is 14.3. The predicted octanol–water partition coefficient (Wildman–Crippen LogP) is 2.65. The third-order valence-corrected chi connectivity index (χ3v) is 6.23. The Morgan fingerprint density at radius 2 is 2.05 bits per heavy atom. The van der Waals surface area contributed by atoms with Gasteiger partial charge in [0.1, 0.15) is 0 Å². The number of nitrogens with zero attached hydrogens (tertiary/aromatic N) is 1. The van der Waals surface area contributed by atoms with Gasteiger partial charge in [0.2, 0.25) is 0 Å². The lowest BCUT2D eigenvalue weighted by atomic mass is 10.0. The van der Waals surface area contributed by atoms with Crippen LogP contribution >= 0.6 is 11.8 Å². The fraction of sp³-hybridized carbons (Fsp3) is 0.600. The summed E-state index contributed by atoms with van der Waals surface area (Å²) in [7, 11) is -3.31. The molecular formula is C15H24N2O2S2. The minimum absolute atomic E-state index is 0.456. The molecule has 1 aliphatic rings. The largest absolute Gasteiger partial charge is 0.279 e. The van der Waals surface area contributed by atoms with Crippen LogP contribution in [0.1, 0.15) is 25.3 Å². The second-order valence-corrected chi connectivity index (χ2v) is 8.59. The summed E-state index contributed by atoms with van der Waals surface area (Å²) in [5.74, 6) is 1.20. The molecule has 1 aromatic rings. The molecule has 1 unspecified atom stereocenters. The lowest BCUT2D eigenvalue weighted by Crippen LogP contribution is -2.46. The summed E-state index contributed by atoms with van der Waals surface area (Å²) in [4.78, 5) is 1.17. The Morgan fingerprint density at radius 1 is 1.33 bits per heavy atom. The molecule has 21 heavy (non-hydrogen) atoms. The number of benzene rings is 1. The van der Waals surface area contributed by atoms with Crippen molar-refractivity contribution in [1.29, 1.82) is 0 Å². The van der Waals surface area contributed by atoms with Crippen molar-refractivity contribution in [1.82, 2.24) is 9.03 Å². The topological polar surface area (TPSA) is 49.4 Å². The van der Waals surface area contributed by atoms with Crippen molar-refractivity contribution in [3.05, 3.63) is 29.8 Å². The van der Waals surface area contributed by atoms with E-state index in [-0.39, 0.29) is 0 Å². The summed E-state index contributed by atoms with van der Waals surface area (Å²) in [5.41, 5.74) is 1.24. The fourth-order valence-corrected chi connectivity index (χ4v) is 4.69. The van der Waals surface area contributed by atoms with E-state index >= 15 is 0 Å². The van der Waals surface area contributed by atoms with Gasteiger partial charge in [0.05, 0.1) is 0 Å². The molecule has 4 nitrogen and oxygen atoms in total. The van der Waals surface area contributed by atoms with Crippen LogP contribution in [0.5, 0.6) is 0 Å². The molecule has 0 spiro atoms. The third kappa shape index (κ3) is 5.29. The van der Waals surface area contributed by atoms with Crippen molar-refractivity contribution in [3.63, 3.8) is 0 Å². The fourth-order valence-electron chi connectivity index (χ4n) is 2.43. The number of thioether (sulfide) groups is 1. The highest BCUT2D eigenvalue weighted by Crippen LogP contribution is 2.19. The molecule has 1 atom stereocenters. The van der Waals surface area contributed by atoms with Crippen molar-refractivity contribution >= 4 is 22.0 Å². The molecule has 0 bridgehead atoms. The monoisotopic (exact) mass is 328 g/mol. The summed E-state index contributed by atoms with van der Waals surface area (Å²) < 4.78 is 28.7. The van der Waals surface area contributed by atoms with Gasteiger partial charge in [-0.25, -0.2) is 4.72 Å². The van der Waals surface area contributed by atoms with Crippen molar-refractivity contribution < 1.29 is 8.42 Å². The first-order valence-electron chi connectivity index (χ1n) is 7.41. The van der Waals surface area contributed by atoms with Gasteiger partial charge in [0, 0.05) is 30.3 Å². The van der Waals surface area contributed by atoms with Crippen LogP contribution < -0.4 is 4.72 Å². The highest BCUT2D eigenvalue weighted by molar-refractivity contribution is 7.99. The standard InChI is InChI=1S/C15H24N2O2S2/c1-13-5-7-15(8-6-13)20-11-9-16-21(18,19)17-10-3-4-14(2)12-17/h5-8,14,16H,3-4,9-12H2,1-2H3. The van der Waals surface area contributed by atoms with Crippen molar-refractivity contribution in [3.8, 4) is 0 Å². The van der Waals surface area contributed by atoms with E-state index in [4.69, 9.17) is 0 Å². The first-order valence-corrected chi connectivity index (χ1v) is 9.84. The Hall–Kier alpha value is -0.560. The van der Waals surface area contributed by atoms with Gasteiger partial charge in [-0.1, -0.05) is 24.6 Å². The molecule has 118 valence electrons. The van der Waals surface area contributed by atoms with E-state index < -0.39 is 10.2 Å². The van der Waals surface area contributed by atoms with Gasteiger partial charge in [0.15, 0.2) is 0 Å². The number of aryl methyl sites for hydroxylation is 1. The maximum absolute atomic E-state index is 12.2. The van der Waals surface area contributed by atoms with E-state index in [1.165, 1.54) is 10.5 Å². The summed E-state index contributed by atoms with van der Waals surface area (Å²) in [6.45, 7) is 5.91. The smallest absolute Gasteiger partial charge is 0.201 e. The number of piperidine rings is 1. The summed E-state index contributed by atoms with van der Waals surface area (Å²) in [6, 6.07) is 8.28. The SMILES string of the molecule is Cc1ccc(SCCNS(=O)(=O)N2CCCC(C)C2)cc1. The van der Waals surface area contributed by atoms with Crippen LogP contribution in [0.3, 0.4) is 0 Å². The number of nitrogens with one attached hydrogen (secondary N) is 1. The van der Waals surface area contributed by atoms with Gasteiger partial charge in [-0.2, -0.15) is 12.7 Å². The molecule has 0 saturated carbocycles. The lowest BCUT2D eigenvalue weighted by Gasteiger charge is -2.29.